The molecule has 0 spiro atoms. The number of carboxylic acids is 1. The van der Waals surface area contributed by atoms with Crippen molar-refractivity contribution in [1.82, 2.24) is 5.32 Å². The standard InChI is InChI=1S/C16H21NO3S/c1-11-2-4-12(5-3-11)16(20)17-10-14-7-6-13(21-14)8-9-15(18)19/h6-9,11-12H,2-5,10H2,1H3,(H,17,20)(H,18,19)/b9-8+. The minimum Gasteiger partial charge on any atom is -0.478 e. The molecule has 0 radical (unpaired) electrons. The fourth-order valence-corrected chi connectivity index (χ4v) is 3.43. The Balaban J connectivity index is 1.80. The van der Waals surface area contributed by atoms with E-state index >= 15 is 0 Å². The van der Waals surface area contributed by atoms with Crippen LogP contribution in [-0.2, 0) is 16.1 Å². The van der Waals surface area contributed by atoms with Crippen LogP contribution in [0.1, 0.15) is 42.4 Å². The Morgan fingerprint density at radius 2 is 2.05 bits per heavy atom. The summed E-state index contributed by atoms with van der Waals surface area (Å²) >= 11 is 1.50. The van der Waals surface area contributed by atoms with Gasteiger partial charge in [-0.15, -0.1) is 11.3 Å². The molecule has 0 bridgehead atoms. The first-order valence-corrected chi connectivity index (χ1v) is 8.13. The van der Waals surface area contributed by atoms with Crippen LogP contribution in [0.15, 0.2) is 18.2 Å². The zero-order valence-corrected chi connectivity index (χ0v) is 13.0. The molecule has 2 N–H and O–H groups in total. The number of rotatable bonds is 5. The Morgan fingerprint density at radius 3 is 2.71 bits per heavy atom. The van der Waals surface area contributed by atoms with E-state index in [1.54, 1.807) is 6.08 Å². The summed E-state index contributed by atoms with van der Waals surface area (Å²) in [6.45, 7) is 2.77. The highest BCUT2D eigenvalue weighted by Crippen LogP contribution is 2.28. The van der Waals surface area contributed by atoms with Gasteiger partial charge in [-0.1, -0.05) is 6.92 Å². The molecule has 2 rings (SSSR count). The van der Waals surface area contributed by atoms with Crippen molar-refractivity contribution in [1.29, 1.82) is 0 Å². The zero-order chi connectivity index (χ0) is 15.2. The van der Waals surface area contributed by atoms with Crippen molar-refractivity contribution in [2.75, 3.05) is 0 Å². The number of carboxylic acid groups (broad SMARTS) is 1. The first-order chi connectivity index (χ1) is 10.0. The van der Waals surface area contributed by atoms with Gasteiger partial charge in [0.1, 0.15) is 0 Å². The number of carbonyl (C=O) groups excluding carboxylic acids is 1. The van der Waals surface area contributed by atoms with E-state index < -0.39 is 5.97 Å². The number of hydrogen-bond donors (Lipinski definition) is 2. The minimum absolute atomic E-state index is 0.151. The summed E-state index contributed by atoms with van der Waals surface area (Å²) in [4.78, 5) is 24.5. The number of aliphatic carboxylic acids is 1. The molecule has 1 saturated carbocycles. The largest absolute Gasteiger partial charge is 0.478 e. The highest BCUT2D eigenvalue weighted by atomic mass is 32.1. The molecule has 21 heavy (non-hydrogen) atoms. The van der Waals surface area contributed by atoms with Crippen LogP contribution in [0.5, 0.6) is 0 Å². The average Bonchev–Trinajstić information content (AvgIpc) is 2.91. The molecule has 114 valence electrons. The summed E-state index contributed by atoms with van der Waals surface area (Å²) in [6.07, 6.45) is 6.95. The van der Waals surface area contributed by atoms with Gasteiger partial charge in [0.2, 0.25) is 5.91 Å². The molecule has 0 atom stereocenters. The molecule has 1 aliphatic carbocycles. The molecular formula is C16H21NO3S. The Bertz CT molecular complexity index is 527. The molecule has 1 fully saturated rings. The van der Waals surface area contributed by atoms with Gasteiger partial charge in [-0.05, 0) is 49.8 Å². The van der Waals surface area contributed by atoms with Gasteiger partial charge in [0.05, 0.1) is 6.54 Å². The summed E-state index contributed by atoms with van der Waals surface area (Å²) in [5.41, 5.74) is 0. The third kappa shape index (κ3) is 5.01. The number of thiophene rings is 1. The molecule has 1 aliphatic rings. The lowest BCUT2D eigenvalue weighted by molar-refractivity contribution is -0.131. The molecule has 1 heterocycles. The molecule has 1 aromatic heterocycles. The molecule has 5 heteroatoms. The Labute approximate surface area is 128 Å². The predicted octanol–water partition coefficient (Wildman–Crippen LogP) is 3.29. The van der Waals surface area contributed by atoms with Gasteiger partial charge in [0.25, 0.3) is 0 Å². The van der Waals surface area contributed by atoms with Gasteiger partial charge >= 0.3 is 5.97 Å². The first-order valence-electron chi connectivity index (χ1n) is 7.32. The molecule has 1 amide bonds. The maximum atomic E-state index is 12.1. The predicted molar refractivity (Wildman–Crippen MR) is 84.0 cm³/mol. The summed E-state index contributed by atoms with van der Waals surface area (Å²) in [5.74, 6) is 0.102. The van der Waals surface area contributed by atoms with Crippen LogP contribution in [0.25, 0.3) is 6.08 Å². The van der Waals surface area contributed by atoms with Crippen molar-refractivity contribution in [3.63, 3.8) is 0 Å². The number of nitrogens with one attached hydrogen (secondary N) is 1. The molecular weight excluding hydrogens is 286 g/mol. The van der Waals surface area contributed by atoms with E-state index in [0.29, 0.717) is 6.54 Å². The van der Waals surface area contributed by atoms with E-state index in [0.717, 1.165) is 47.4 Å². The fourth-order valence-electron chi connectivity index (χ4n) is 2.57. The van der Waals surface area contributed by atoms with Crippen LogP contribution in [0.3, 0.4) is 0 Å². The monoisotopic (exact) mass is 307 g/mol. The van der Waals surface area contributed by atoms with Crippen LogP contribution in [0, 0.1) is 11.8 Å². The second-order valence-electron chi connectivity index (χ2n) is 5.65. The highest BCUT2D eigenvalue weighted by molar-refractivity contribution is 7.12. The van der Waals surface area contributed by atoms with Crippen LogP contribution in [-0.4, -0.2) is 17.0 Å². The second-order valence-corrected chi connectivity index (χ2v) is 6.85. The molecule has 0 aliphatic heterocycles. The lowest BCUT2D eigenvalue weighted by Crippen LogP contribution is -2.32. The van der Waals surface area contributed by atoms with Crippen molar-refractivity contribution in [3.05, 3.63) is 28.0 Å². The maximum absolute atomic E-state index is 12.1. The first kappa shape index (κ1) is 15.8. The van der Waals surface area contributed by atoms with Crippen molar-refractivity contribution in [2.24, 2.45) is 11.8 Å². The molecule has 0 saturated heterocycles. The molecule has 1 aromatic rings. The molecule has 4 nitrogen and oxygen atoms in total. The number of hydrogen-bond acceptors (Lipinski definition) is 3. The number of amides is 1. The van der Waals surface area contributed by atoms with Crippen LogP contribution in [0.2, 0.25) is 0 Å². The van der Waals surface area contributed by atoms with Crippen LogP contribution < -0.4 is 5.32 Å². The van der Waals surface area contributed by atoms with E-state index in [-0.39, 0.29) is 11.8 Å². The van der Waals surface area contributed by atoms with E-state index in [1.165, 1.54) is 11.3 Å². The van der Waals surface area contributed by atoms with Crippen molar-refractivity contribution < 1.29 is 14.7 Å². The van der Waals surface area contributed by atoms with Crippen molar-refractivity contribution >= 4 is 29.3 Å². The lowest BCUT2D eigenvalue weighted by Gasteiger charge is -2.25. The fraction of sp³-hybridized carbons (Fsp3) is 0.500. The van der Waals surface area contributed by atoms with E-state index in [1.807, 2.05) is 12.1 Å². The topological polar surface area (TPSA) is 66.4 Å². The van der Waals surface area contributed by atoms with E-state index in [4.69, 9.17) is 5.11 Å². The Hall–Kier alpha value is -1.62. The molecule has 0 aromatic carbocycles. The molecule has 0 unspecified atom stereocenters. The van der Waals surface area contributed by atoms with Gasteiger partial charge in [0, 0.05) is 21.7 Å². The lowest BCUT2D eigenvalue weighted by atomic mass is 9.82. The second kappa shape index (κ2) is 7.41. The normalized spacial score (nSPS) is 22.3. The maximum Gasteiger partial charge on any atom is 0.328 e. The third-order valence-corrected chi connectivity index (χ3v) is 4.95. The number of carbonyl (C=O) groups is 2. The Morgan fingerprint density at radius 1 is 1.33 bits per heavy atom. The van der Waals surface area contributed by atoms with E-state index in [9.17, 15) is 9.59 Å². The third-order valence-electron chi connectivity index (χ3n) is 3.90. The summed E-state index contributed by atoms with van der Waals surface area (Å²) < 4.78 is 0. The Kier molecular flexibility index (Phi) is 5.56. The summed E-state index contributed by atoms with van der Waals surface area (Å²) in [6, 6.07) is 3.79. The summed E-state index contributed by atoms with van der Waals surface area (Å²) in [5, 5.41) is 11.6. The van der Waals surface area contributed by atoms with E-state index in [2.05, 4.69) is 12.2 Å². The smallest absolute Gasteiger partial charge is 0.328 e. The van der Waals surface area contributed by atoms with Crippen molar-refractivity contribution in [2.45, 2.75) is 39.2 Å². The highest BCUT2D eigenvalue weighted by Gasteiger charge is 2.23. The van der Waals surface area contributed by atoms with Gasteiger partial charge in [-0.2, -0.15) is 0 Å². The van der Waals surface area contributed by atoms with Gasteiger partial charge < -0.3 is 10.4 Å². The van der Waals surface area contributed by atoms with Crippen LogP contribution in [0.4, 0.5) is 0 Å². The van der Waals surface area contributed by atoms with Crippen LogP contribution >= 0.6 is 11.3 Å². The minimum atomic E-state index is -0.954. The average molecular weight is 307 g/mol. The summed E-state index contributed by atoms with van der Waals surface area (Å²) in [7, 11) is 0. The van der Waals surface area contributed by atoms with Gasteiger partial charge in [-0.3, -0.25) is 4.79 Å². The zero-order valence-electron chi connectivity index (χ0n) is 12.2. The van der Waals surface area contributed by atoms with Crippen molar-refractivity contribution in [3.8, 4) is 0 Å². The quantitative estimate of drug-likeness (QED) is 0.820. The van der Waals surface area contributed by atoms with Gasteiger partial charge in [-0.25, -0.2) is 4.79 Å². The SMILES string of the molecule is CC1CCC(C(=O)NCc2ccc(/C=C/C(=O)O)s2)CC1. The van der Waals surface area contributed by atoms with Gasteiger partial charge in [0.15, 0.2) is 0 Å².